The van der Waals surface area contributed by atoms with E-state index < -0.39 is 22.9 Å². The van der Waals surface area contributed by atoms with E-state index in [9.17, 15) is 13.8 Å². The van der Waals surface area contributed by atoms with Crippen LogP contribution < -0.4 is 10.7 Å². The molecule has 6 nitrogen and oxygen atoms in total. The lowest BCUT2D eigenvalue weighted by Crippen LogP contribution is -2.34. The van der Waals surface area contributed by atoms with Crippen molar-refractivity contribution in [1.29, 1.82) is 0 Å². The minimum absolute atomic E-state index is 0.0622. The molecule has 0 aliphatic heterocycles. The fourth-order valence-corrected chi connectivity index (χ4v) is 1.69. The van der Waals surface area contributed by atoms with Crippen LogP contribution in [-0.4, -0.2) is 25.5 Å². The summed E-state index contributed by atoms with van der Waals surface area (Å²) in [7, 11) is 0. The number of H-pyrrole nitrogens is 1. The number of rotatable bonds is 3. The molecular formula is C11H16N2O4S. The molecule has 1 aromatic rings. The topological polar surface area (TPSA) is 99.3 Å². The third kappa shape index (κ3) is 3.51. The summed E-state index contributed by atoms with van der Waals surface area (Å²) in [5.41, 5.74) is -0.334. The lowest BCUT2D eigenvalue weighted by molar-refractivity contribution is 0.0958. The molecule has 1 unspecified atom stereocenters. The maximum Gasteiger partial charge on any atom is 0.257 e. The van der Waals surface area contributed by atoms with Crippen molar-refractivity contribution >= 4 is 17.0 Å². The molecule has 0 saturated heterocycles. The van der Waals surface area contributed by atoms with Crippen LogP contribution in [0.25, 0.3) is 0 Å². The van der Waals surface area contributed by atoms with Gasteiger partial charge in [-0.15, -0.1) is 0 Å². The number of aromatic amines is 1. The van der Waals surface area contributed by atoms with Gasteiger partial charge in [-0.25, -0.2) is 4.21 Å². The van der Waals surface area contributed by atoms with Gasteiger partial charge in [0.25, 0.3) is 5.91 Å². The van der Waals surface area contributed by atoms with Crippen molar-refractivity contribution in [2.75, 3.05) is 5.88 Å². The van der Waals surface area contributed by atoms with E-state index in [-0.39, 0.29) is 16.4 Å². The van der Waals surface area contributed by atoms with Gasteiger partial charge in [0, 0.05) is 18.0 Å². The molecule has 1 atom stereocenters. The van der Waals surface area contributed by atoms with E-state index in [1.165, 1.54) is 6.20 Å². The predicted molar refractivity (Wildman–Crippen MR) is 68.9 cm³/mol. The second-order valence-electron chi connectivity index (χ2n) is 4.83. The van der Waals surface area contributed by atoms with Crippen LogP contribution in [0.2, 0.25) is 0 Å². The molecule has 7 heteroatoms. The van der Waals surface area contributed by atoms with Crippen LogP contribution in [0.4, 0.5) is 0 Å². The zero-order valence-electron chi connectivity index (χ0n) is 10.4. The number of hydrogen-bond acceptors (Lipinski definition) is 3. The zero-order chi connectivity index (χ0) is 13.9. The van der Waals surface area contributed by atoms with Crippen LogP contribution in [0, 0.1) is 0 Å². The standard InChI is InChI=1S/C11H16N2O4S/c1-11(2,3)8-5-12-4-7(9(8)14)10(15)13-6-18(16)17/h4-5H,6H2,1-3H3,(H,12,14)(H,13,15)(H,16,17). The maximum atomic E-state index is 12.1. The van der Waals surface area contributed by atoms with E-state index in [2.05, 4.69) is 10.3 Å². The first kappa shape index (κ1) is 14.6. The first-order chi connectivity index (χ1) is 8.23. The number of carbonyl (C=O) groups excluding carboxylic acids is 1. The first-order valence-corrected chi connectivity index (χ1v) is 6.58. The van der Waals surface area contributed by atoms with E-state index in [0.29, 0.717) is 5.56 Å². The van der Waals surface area contributed by atoms with E-state index in [1.807, 2.05) is 20.8 Å². The number of nitrogens with one attached hydrogen (secondary N) is 2. The zero-order valence-corrected chi connectivity index (χ0v) is 11.3. The van der Waals surface area contributed by atoms with E-state index in [1.54, 1.807) is 6.20 Å². The number of hydrogen-bond donors (Lipinski definition) is 3. The largest absolute Gasteiger partial charge is 0.366 e. The van der Waals surface area contributed by atoms with Crippen molar-refractivity contribution in [3.05, 3.63) is 33.7 Å². The van der Waals surface area contributed by atoms with Gasteiger partial charge in [0.1, 0.15) is 11.4 Å². The van der Waals surface area contributed by atoms with Gasteiger partial charge in [-0.3, -0.25) is 9.59 Å². The Hall–Kier alpha value is -1.47. The summed E-state index contributed by atoms with van der Waals surface area (Å²) in [6, 6.07) is 0. The molecule has 0 spiro atoms. The molecule has 0 bridgehead atoms. The molecule has 1 heterocycles. The molecule has 100 valence electrons. The third-order valence-electron chi connectivity index (χ3n) is 2.35. The maximum absolute atomic E-state index is 12.1. The lowest BCUT2D eigenvalue weighted by Gasteiger charge is -2.18. The summed E-state index contributed by atoms with van der Waals surface area (Å²) in [5, 5.41) is 2.21. The van der Waals surface area contributed by atoms with E-state index in [4.69, 9.17) is 4.55 Å². The summed E-state index contributed by atoms with van der Waals surface area (Å²) in [4.78, 5) is 26.5. The van der Waals surface area contributed by atoms with Crippen molar-refractivity contribution < 1.29 is 13.6 Å². The highest BCUT2D eigenvalue weighted by molar-refractivity contribution is 7.79. The van der Waals surface area contributed by atoms with Gasteiger partial charge < -0.3 is 14.9 Å². The Morgan fingerprint density at radius 3 is 2.56 bits per heavy atom. The SMILES string of the molecule is CC(C)(C)c1c[nH]cc(C(=O)NCS(=O)O)c1=O. The van der Waals surface area contributed by atoms with Crippen molar-refractivity contribution in [3.63, 3.8) is 0 Å². The summed E-state index contributed by atoms with van der Waals surface area (Å²) in [6.45, 7) is 5.59. The molecular weight excluding hydrogens is 256 g/mol. The second kappa shape index (κ2) is 5.45. The van der Waals surface area contributed by atoms with Crippen LogP contribution in [-0.2, 0) is 16.5 Å². The Morgan fingerprint density at radius 1 is 1.44 bits per heavy atom. The lowest BCUT2D eigenvalue weighted by atomic mass is 9.87. The molecule has 0 radical (unpaired) electrons. The molecule has 0 aromatic carbocycles. The number of aromatic nitrogens is 1. The molecule has 3 N–H and O–H groups in total. The van der Waals surface area contributed by atoms with Gasteiger partial charge in [0.05, 0.1) is 0 Å². The highest BCUT2D eigenvalue weighted by atomic mass is 32.2. The van der Waals surface area contributed by atoms with Gasteiger partial charge >= 0.3 is 0 Å². The summed E-state index contributed by atoms with van der Waals surface area (Å²) < 4.78 is 19.0. The van der Waals surface area contributed by atoms with Crippen molar-refractivity contribution in [2.24, 2.45) is 0 Å². The Balaban J connectivity index is 3.08. The van der Waals surface area contributed by atoms with Crippen LogP contribution in [0.3, 0.4) is 0 Å². The van der Waals surface area contributed by atoms with Crippen LogP contribution in [0.5, 0.6) is 0 Å². The Kier molecular flexibility index (Phi) is 4.42. The number of pyridine rings is 1. The molecule has 18 heavy (non-hydrogen) atoms. The molecule has 0 aliphatic rings. The van der Waals surface area contributed by atoms with E-state index in [0.717, 1.165) is 0 Å². The minimum Gasteiger partial charge on any atom is -0.366 e. The Bertz CT molecular complexity index is 531. The molecule has 1 amide bonds. The normalized spacial score (nSPS) is 13.1. The Morgan fingerprint density at radius 2 is 2.06 bits per heavy atom. The molecule has 1 aromatic heterocycles. The highest BCUT2D eigenvalue weighted by Gasteiger charge is 2.21. The summed E-state index contributed by atoms with van der Waals surface area (Å²) in [6.07, 6.45) is 2.84. The average molecular weight is 272 g/mol. The first-order valence-electron chi connectivity index (χ1n) is 5.30. The predicted octanol–water partition coefficient (Wildman–Crippen LogP) is 0.581. The van der Waals surface area contributed by atoms with Crippen molar-refractivity contribution in [3.8, 4) is 0 Å². The van der Waals surface area contributed by atoms with Crippen molar-refractivity contribution in [2.45, 2.75) is 26.2 Å². The molecule has 0 saturated carbocycles. The Labute approximate surface area is 107 Å². The van der Waals surface area contributed by atoms with Gasteiger partial charge in [0.2, 0.25) is 0 Å². The quantitative estimate of drug-likeness (QED) is 0.701. The smallest absolute Gasteiger partial charge is 0.257 e. The molecule has 0 fully saturated rings. The minimum atomic E-state index is -2.13. The van der Waals surface area contributed by atoms with Crippen LogP contribution in [0.15, 0.2) is 17.2 Å². The van der Waals surface area contributed by atoms with Crippen LogP contribution in [0.1, 0.15) is 36.7 Å². The summed E-state index contributed by atoms with van der Waals surface area (Å²) >= 11 is -2.13. The van der Waals surface area contributed by atoms with E-state index >= 15 is 0 Å². The van der Waals surface area contributed by atoms with Gasteiger partial charge in [-0.1, -0.05) is 20.8 Å². The molecule has 1 rings (SSSR count). The van der Waals surface area contributed by atoms with Gasteiger partial charge in [-0.05, 0) is 5.41 Å². The molecule has 0 aliphatic carbocycles. The van der Waals surface area contributed by atoms with Gasteiger partial charge in [0.15, 0.2) is 16.5 Å². The number of carbonyl (C=O) groups is 1. The second-order valence-corrected chi connectivity index (χ2v) is 5.77. The number of amides is 1. The van der Waals surface area contributed by atoms with Gasteiger partial charge in [-0.2, -0.15) is 0 Å². The van der Waals surface area contributed by atoms with Crippen LogP contribution >= 0.6 is 0 Å². The fourth-order valence-electron chi connectivity index (χ4n) is 1.43. The third-order valence-corrected chi connectivity index (χ3v) is 2.74. The highest BCUT2D eigenvalue weighted by Crippen LogP contribution is 2.17. The fraction of sp³-hybridized carbons (Fsp3) is 0.455. The van der Waals surface area contributed by atoms with Crippen molar-refractivity contribution in [1.82, 2.24) is 10.3 Å². The monoisotopic (exact) mass is 272 g/mol. The average Bonchev–Trinajstić information content (AvgIpc) is 2.24. The summed E-state index contributed by atoms with van der Waals surface area (Å²) in [5.74, 6) is -1.07.